The molecule has 0 spiro atoms. The summed E-state index contributed by atoms with van der Waals surface area (Å²) >= 11 is 3.39. The van der Waals surface area contributed by atoms with E-state index in [-0.39, 0.29) is 0 Å². The van der Waals surface area contributed by atoms with Crippen LogP contribution in [0.15, 0.2) is 29.2 Å². The maximum Gasteiger partial charge on any atom is 0.243 e. The quantitative estimate of drug-likeness (QED) is 0.786. The van der Waals surface area contributed by atoms with E-state index in [9.17, 15) is 8.42 Å². The molecule has 0 amide bonds. The van der Waals surface area contributed by atoms with E-state index in [1.54, 1.807) is 16.4 Å². The SMILES string of the molecule is CC1CCCN(S(=O)(=O)c2ccc(CCBr)cc2)C1. The number of hydrogen-bond donors (Lipinski definition) is 0. The molecule has 106 valence electrons. The van der Waals surface area contributed by atoms with Gasteiger partial charge in [0, 0.05) is 18.4 Å². The molecule has 1 atom stereocenters. The number of aryl methyl sites for hydroxylation is 1. The predicted octanol–water partition coefficient (Wildman–Crippen LogP) is 3.04. The molecule has 1 unspecified atom stereocenters. The van der Waals surface area contributed by atoms with Gasteiger partial charge in [0.2, 0.25) is 10.0 Å². The zero-order chi connectivity index (χ0) is 13.9. The third-order valence-corrected chi connectivity index (χ3v) is 5.84. The highest BCUT2D eigenvalue weighted by atomic mass is 79.9. The molecule has 0 aliphatic carbocycles. The molecule has 0 N–H and O–H groups in total. The van der Waals surface area contributed by atoms with Crippen molar-refractivity contribution in [1.82, 2.24) is 4.31 Å². The van der Waals surface area contributed by atoms with Crippen LogP contribution in [0.4, 0.5) is 0 Å². The van der Waals surface area contributed by atoms with Crippen molar-refractivity contribution in [3.05, 3.63) is 29.8 Å². The van der Waals surface area contributed by atoms with Crippen LogP contribution in [0.25, 0.3) is 0 Å². The first kappa shape index (κ1) is 15.0. The van der Waals surface area contributed by atoms with Gasteiger partial charge in [-0.05, 0) is 42.9 Å². The van der Waals surface area contributed by atoms with Gasteiger partial charge < -0.3 is 0 Å². The minimum absolute atomic E-state index is 0.417. The van der Waals surface area contributed by atoms with Gasteiger partial charge in [-0.3, -0.25) is 0 Å². The Morgan fingerprint density at radius 1 is 1.32 bits per heavy atom. The fourth-order valence-electron chi connectivity index (χ4n) is 2.45. The highest BCUT2D eigenvalue weighted by molar-refractivity contribution is 9.09. The Hall–Kier alpha value is -0.390. The number of halogens is 1. The third kappa shape index (κ3) is 3.58. The van der Waals surface area contributed by atoms with Crippen molar-refractivity contribution >= 4 is 26.0 Å². The molecule has 1 heterocycles. The molecule has 0 bridgehead atoms. The van der Waals surface area contributed by atoms with Gasteiger partial charge in [-0.25, -0.2) is 8.42 Å². The summed E-state index contributed by atoms with van der Waals surface area (Å²) in [4.78, 5) is 0.417. The van der Waals surface area contributed by atoms with Crippen molar-refractivity contribution in [2.24, 2.45) is 5.92 Å². The van der Waals surface area contributed by atoms with Gasteiger partial charge in [-0.15, -0.1) is 0 Å². The molecule has 0 radical (unpaired) electrons. The Morgan fingerprint density at radius 3 is 2.58 bits per heavy atom. The molecule has 1 saturated heterocycles. The minimum atomic E-state index is -3.31. The Morgan fingerprint density at radius 2 is 2.00 bits per heavy atom. The summed E-state index contributed by atoms with van der Waals surface area (Å²) in [5, 5.41) is 0.892. The monoisotopic (exact) mass is 345 g/mol. The molecule has 1 aliphatic heterocycles. The predicted molar refractivity (Wildman–Crippen MR) is 81.1 cm³/mol. The van der Waals surface area contributed by atoms with E-state index in [1.807, 2.05) is 12.1 Å². The number of sulfonamides is 1. The van der Waals surface area contributed by atoms with Crippen molar-refractivity contribution in [2.75, 3.05) is 18.4 Å². The second-order valence-corrected chi connectivity index (χ2v) is 7.92. The Balaban J connectivity index is 2.18. The summed E-state index contributed by atoms with van der Waals surface area (Å²) in [7, 11) is -3.31. The van der Waals surface area contributed by atoms with Crippen molar-refractivity contribution < 1.29 is 8.42 Å². The second kappa shape index (κ2) is 6.37. The number of benzene rings is 1. The highest BCUT2D eigenvalue weighted by Crippen LogP contribution is 2.23. The lowest BCUT2D eigenvalue weighted by molar-refractivity contribution is 0.281. The first-order valence-electron chi connectivity index (χ1n) is 6.69. The summed E-state index contributed by atoms with van der Waals surface area (Å²) in [6, 6.07) is 7.27. The van der Waals surface area contributed by atoms with E-state index >= 15 is 0 Å². The summed E-state index contributed by atoms with van der Waals surface area (Å²) in [6.45, 7) is 3.40. The van der Waals surface area contributed by atoms with E-state index in [4.69, 9.17) is 0 Å². The van der Waals surface area contributed by atoms with E-state index < -0.39 is 10.0 Å². The molecule has 2 rings (SSSR count). The first-order chi connectivity index (χ1) is 9.04. The molecule has 19 heavy (non-hydrogen) atoms. The largest absolute Gasteiger partial charge is 0.243 e. The summed E-state index contributed by atoms with van der Waals surface area (Å²) in [5.74, 6) is 0.455. The molecule has 0 saturated carbocycles. The van der Waals surface area contributed by atoms with E-state index in [2.05, 4.69) is 22.9 Å². The highest BCUT2D eigenvalue weighted by Gasteiger charge is 2.28. The van der Waals surface area contributed by atoms with Gasteiger partial charge in [0.05, 0.1) is 4.90 Å². The van der Waals surface area contributed by atoms with Gasteiger partial charge in [0.1, 0.15) is 0 Å². The van der Waals surface area contributed by atoms with Crippen LogP contribution in [0.5, 0.6) is 0 Å². The molecule has 5 heteroatoms. The lowest BCUT2D eigenvalue weighted by Crippen LogP contribution is -2.39. The van der Waals surface area contributed by atoms with Crippen molar-refractivity contribution in [1.29, 1.82) is 0 Å². The molecular weight excluding hydrogens is 326 g/mol. The molecule has 0 aromatic heterocycles. The van der Waals surface area contributed by atoms with E-state index in [0.29, 0.717) is 23.9 Å². The van der Waals surface area contributed by atoms with Crippen molar-refractivity contribution in [2.45, 2.75) is 31.1 Å². The van der Waals surface area contributed by atoms with Crippen LogP contribution in [-0.2, 0) is 16.4 Å². The third-order valence-electron chi connectivity index (χ3n) is 3.56. The van der Waals surface area contributed by atoms with Crippen LogP contribution in [0.3, 0.4) is 0 Å². The standard InChI is InChI=1S/C14H20BrNO2S/c1-12-3-2-10-16(11-12)19(17,18)14-6-4-13(5-7-14)8-9-15/h4-7,12H,2-3,8-11H2,1H3. The van der Waals surface area contributed by atoms with Gasteiger partial charge in [-0.1, -0.05) is 35.0 Å². The summed E-state index contributed by atoms with van der Waals surface area (Å²) < 4.78 is 26.7. The lowest BCUT2D eigenvalue weighted by Gasteiger charge is -2.30. The molecule has 1 fully saturated rings. The second-order valence-electron chi connectivity index (χ2n) is 5.19. The Kier molecular flexibility index (Phi) is 5.03. The Labute approximate surface area is 124 Å². The molecule has 1 aliphatic rings. The van der Waals surface area contributed by atoms with Crippen LogP contribution < -0.4 is 0 Å². The maximum absolute atomic E-state index is 12.5. The van der Waals surface area contributed by atoms with Gasteiger partial charge in [0.15, 0.2) is 0 Å². The van der Waals surface area contributed by atoms with Crippen LogP contribution in [0.1, 0.15) is 25.3 Å². The minimum Gasteiger partial charge on any atom is -0.207 e. The fraction of sp³-hybridized carbons (Fsp3) is 0.571. The van der Waals surface area contributed by atoms with Crippen LogP contribution >= 0.6 is 15.9 Å². The van der Waals surface area contributed by atoms with Crippen molar-refractivity contribution in [3.63, 3.8) is 0 Å². The van der Waals surface area contributed by atoms with Gasteiger partial charge in [0.25, 0.3) is 0 Å². The Bertz CT molecular complexity index is 513. The molecule has 3 nitrogen and oxygen atoms in total. The summed E-state index contributed by atoms with van der Waals surface area (Å²) in [6.07, 6.45) is 3.00. The fourth-order valence-corrected chi connectivity index (χ4v) is 4.51. The summed E-state index contributed by atoms with van der Waals surface area (Å²) in [5.41, 5.74) is 1.16. The number of piperidine rings is 1. The smallest absolute Gasteiger partial charge is 0.207 e. The zero-order valence-electron chi connectivity index (χ0n) is 11.2. The van der Waals surface area contributed by atoms with Crippen LogP contribution in [0.2, 0.25) is 0 Å². The topological polar surface area (TPSA) is 37.4 Å². The number of rotatable bonds is 4. The van der Waals surface area contributed by atoms with E-state index in [0.717, 1.165) is 30.2 Å². The van der Waals surface area contributed by atoms with Gasteiger partial charge in [-0.2, -0.15) is 4.31 Å². The average Bonchev–Trinajstić information content (AvgIpc) is 2.40. The molecule has 1 aromatic rings. The first-order valence-corrected chi connectivity index (χ1v) is 9.25. The van der Waals surface area contributed by atoms with Crippen LogP contribution in [0, 0.1) is 5.92 Å². The maximum atomic E-state index is 12.5. The lowest BCUT2D eigenvalue weighted by atomic mass is 10.0. The molecular formula is C14H20BrNO2S. The molecule has 1 aromatic carbocycles. The number of alkyl halides is 1. The van der Waals surface area contributed by atoms with Crippen LogP contribution in [-0.4, -0.2) is 31.1 Å². The van der Waals surface area contributed by atoms with Crippen molar-refractivity contribution in [3.8, 4) is 0 Å². The van der Waals surface area contributed by atoms with Gasteiger partial charge >= 0.3 is 0 Å². The number of hydrogen-bond acceptors (Lipinski definition) is 2. The zero-order valence-corrected chi connectivity index (χ0v) is 13.6. The number of nitrogens with zero attached hydrogens (tertiary/aromatic N) is 1. The normalized spacial score (nSPS) is 21.5. The van der Waals surface area contributed by atoms with E-state index in [1.165, 1.54) is 0 Å². The average molecular weight is 346 g/mol.